The summed E-state index contributed by atoms with van der Waals surface area (Å²) in [7, 11) is 0. The molecule has 4 heteroatoms. The van der Waals surface area contributed by atoms with Crippen LogP contribution in [0.4, 0.5) is 5.69 Å². The Bertz CT molecular complexity index is 596. The highest BCUT2D eigenvalue weighted by Crippen LogP contribution is 2.17. The van der Waals surface area contributed by atoms with Crippen LogP contribution in [0.5, 0.6) is 0 Å². The average molecular weight is 283 g/mol. The number of pyridine rings is 1. The Labute approximate surface area is 125 Å². The van der Waals surface area contributed by atoms with Gasteiger partial charge in [0, 0.05) is 31.2 Å². The lowest BCUT2D eigenvalue weighted by molar-refractivity contribution is 0.0955. The summed E-state index contributed by atoms with van der Waals surface area (Å²) in [5.74, 6) is -0.0382. The Morgan fingerprint density at radius 1 is 1.19 bits per heavy atom. The van der Waals surface area contributed by atoms with Crippen LogP contribution in [0, 0.1) is 6.92 Å². The zero-order valence-corrected chi connectivity index (χ0v) is 12.5. The van der Waals surface area contributed by atoms with E-state index in [9.17, 15) is 4.79 Å². The summed E-state index contributed by atoms with van der Waals surface area (Å²) in [6.45, 7) is 5.41. The van der Waals surface area contributed by atoms with Crippen LogP contribution in [-0.4, -0.2) is 24.0 Å². The molecule has 1 heterocycles. The molecule has 1 aromatic carbocycles. The van der Waals surface area contributed by atoms with Crippen molar-refractivity contribution in [1.29, 1.82) is 0 Å². The summed E-state index contributed by atoms with van der Waals surface area (Å²) in [5.41, 5.74) is 3.83. The van der Waals surface area contributed by atoms with Crippen LogP contribution >= 0.6 is 0 Å². The Hall–Kier alpha value is -2.36. The average Bonchev–Trinajstić information content (AvgIpc) is 2.50. The molecule has 0 aliphatic carbocycles. The highest BCUT2D eigenvalue weighted by Gasteiger charge is 2.10. The van der Waals surface area contributed by atoms with Crippen molar-refractivity contribution >= 4 is 11.6 Å². The Kier molecular flexibility index (Phi) is 5.32. The minimum absolute atomic E-state index is 0.0382. The van der Waals surface area contributed by atoms with Crippen LogP contribution in [0.25, 0.3) is 0 Å². The number of aryl methyl sites for hydroxylation is 1. The molecule has 0 unspecified atom stereocenters. The van der Waals surface area contributed by atoms with Gasteiger partial charge in [-0.3, -0.25) is 9.78 Å². The highest BCUT2D eigenvalue weighted by molar-refractivity contribution is 5.99. The lowest BCUT2D eigenvalue weighted by Crippen LogP contribution is -2.26. The smallest absolute Gasteiger partial charge is 0.253 e. The summed E-state index contributed by atoms with van der Waals surface area (Å²) >= 11 is 0. The quantitative estimate of drug-likeness (QED) is 0.857. The van der Waals surface area contributed by atoms with Crippen molar-refractivity contribution in [2.24, 2.45) is 0 Å². The fourth-order valence-electron chi connectivity index (χ4n) is 2.16. The zero-order chi connectivity index (χ0) is 15.1. The van der Waals surface area contributed by atoms with Crippen molar-refractivity contribution in [2.45, 2.75) is 20.3 Å². The molecule has 0 atom stereocenters. The van der Waals surface area contributed by atoms with Crippen LogP contribution in [0.1, 0.15) is 28.4 Å². The van der Waals surface area contributed by atoms with E-state index in [1.807, 2.05) is 44.2 Å². The lowest BCUT2D eigenvalue weighted by Gasteiger charge is -2.12. The standard InChI is InChI=1S/C17H21N3O/c1-3-19-16-5-4-13(2)12-15(16)17(21)20-11-8-14-6-9-18-10-7-14/h4-7,9-10,12,19H,3,8,11H2,1-2H3,(H,20,21). The van der Waals surface area contributed by atoms with Gasteiger partial charge in [-0.05, 0) is 50.1 Å². The molecule has 2 aromatic rings. The van der Waals surface area contributed by atoms with Crippen molar-refractivity contribution in [2.75, 3.05) is 18.4 Å². The highest BCUT2D eigenvalue weighted by atomic mass is 16.1. The summed E-state index contributed by atoms with van der Waals surface area (Å²) in [4.78, 5) is 16.3. The van der Waals surface area contributed by atoms with Gasteiger partial charge in [-0.15, -0.1) is 0 Å². The van der Waals surface area contributed by atoms with E-state index >= 15 is 0 Å². The number of nitrogens with zero attached hydrogens (tertiary/aromatic N) is 1. The first-order chi connectivity index (χ1) is 10.2. The molecule has 0 saturated carbocycles. The van der Waals surface area contributed by atoms with Crippen molar-refractivity contribution in [3.05, 3.63) is 59.4 Å². The Morgan fingerprint density at radius 2 is 1.95 bits per heavy atom. The minimum Gasteiger partial charge on any atom is -0.385 e. The van der Waals surface area contributed by atoms with Crippen LogP contribution in [0.2, 0.25) is 0 Å². The molecule has 1 amide bonds. The second-order valence-corrected chi connectivity index (χ2v) is 4.94. The van der Waals surface area contributed by atoms with Gasteiger partial charge in [-0.2, -0.15) is 0 Å². The molecule has 2 rings (SSSR count). The summed E-state index contributed by atoms with van der Waals surface area (Å²) in [6, 6.07) is 9.80. The molecule has 4 nitrogen and oxygen atoms in total. The van der Waals surface area contributed by atoms with Gasteiger partial charge in [-0.25, -0.2) is 0 Å². The van der Waals surface area contributed by atoms with Crippen molar-refractivity contribution in [1.82, 2.24) is 10.3 Å². The first-order valence-electron chi connectivity index (χ1n) is 7.22. The van der Waals surface area contributed by atoms with Gasteiger partial charge < -0.3 is 10.6 Å². The number of rotatable bonds is 6. The predicted molar refractivity (Wildman–Crippen MR) is 85.6 cm³/mol. The number of benzene rings is 1. The lowest BCUT2D eigenvalue weighted by atomic mass is 10.1. The first-order valence-corrected chi connectivity index (χ1v) is 7.22. The molecular formula is C17H21N3O. The van der Waals surface area contributed by atoms with Gasteiger partial charge >= 0.3 is 0 Å². The topological polar surface area (TPSA) is 54.0 Å². The van der Waals surface area contributed by atoms with E-state index in [2.05, 4.69) is 15.6 Å². The molecule has 2 N–H and O–H groups in total. The number of anilines is 1. The van der Waals surface area contributed by atoms with E-state index in [-0.39, 0.29) is 5.91 Å². The molecule has 0 aliphatic rings. The third-order valence-electron chi connectivity index (χ3n) is 3.24. The Morgan fingerprint density at radius 3 is 2.67 bits per heavy atom. The van der Waals surface area contributed by atoms with Crippen LogP contribution in [0.3, 0.4) is 0 Å². The van der Waals surface area contributed by atoms with Crippen molar-refractivity contribution in [3.63, 3.8) is 0 Å². The molecular weight excluding hydrogens is 262 g/mol. The Balaban J connectivity index is 1.98. The number of hydrogen-bond donors (Lipinski definition) is 2. The van der Waals surface area contributed by atoms with E-state index in [0.717, 1.165) is 24.2 Å². The largest absolute Gasteiger partial charge is 0.385 e. The predicted octanol–water partition coefficient (Wildman–Crippen LogP) is 2.79. The van der Waals surface area contributed by atoms with Crippen LogP contribution in [0.15, 0.2) is 42.7 Å². The van der Waals surface area contributed by atoms with Gasteiger partial charge in [0.1, 0.15) is 0 Å². The van der Waals surface area contributed by atoms with Gasteiger partial charge in [0.15, 0.2) is 0 Å². The van der Waals surface area contributed by atoms with E-state index in [4.69, 9.17) is 0 Å². The van der Waals surface area contributed by atoms with E-state index < -0.39 is 0 Å². The molecule has 0 saturated heterocycles. The van der Waals surface area contributed by atoms with Crippen molar-refractivity contribution in [3.8, 4) is 0 Å². The number of amides is 1. The maximum Gasteiger partial charge on any atom is 0.253 e. The molecule has 0 aliphatic heterocycles. The number of aromatic nitrogens is 1. The molecule has 0 bridgehead atoms. The van der Waals surface area contributed by atoms with Gasteiger partial charge in [0.05, 0.1) is 5.56 Å². The maximum absolute atomic E-state index is 12.3. The third-order valence-corrected chi connectivity index (χ3v) is 3.24. The van der Waals surface area contributed by atoms with E-state index in [0.29, 0.717) is 12.1 Å². The van der Waals surface area contributed by atoms with Crippen LogP contribution < -0.4 is 10.6 Å². The normalized spacial score (nSPS) is 10.2. The first kappa shape index (κ1) is 15.0. The molecule has 0 radical (unpaired) electrons. The number of nitrogens with one attached hydrogen (secondary N) is 2. The molecule has 0 fully saturated rings. The molecule has 0 spiro atoms. The molecule has 1 aromatic heterocycles. The number of carbonyl (C=O) groups excluding carboxylic acids is 1. The van der Waals surface area contributed by atoms with Gasteiger partial charge in [0.25, 0.3) is 5.91 Å². The minimum atomic E-state index is -0.0382. The number of carbonyl (C=O) groups is 1. The summed E-state index contributed by atoms with van der Waals surface area (Å²) in [5, 5.41) is 6.20. The van der Waals surface area contributed by atoms with E-state index in [1.54, 1.807) is 12.4 Å². The van der Waals surface area contributed by atoms with E-state index in [1.165, 1.54) is 5.56 Å². The molecule has 21 heavy (non-hydrogen) atoms. The van der Waals surface area contributed by atoms with Gasteiger partial charge in [0.2, 0.25) is 0 Å². The fraction of sp³-hybridized carbons (Fsp3) is 0.294. The SMILES string of the molecule is CCNc1ccc(C)cc1C(=O)NCCc1ccncc1. The third kappa shape index (κ3) is 4.31. The monoisotopic (exact) mass is 283 g/mol. The zero-order valence-electron chi connectivity index (χ0n) is 12.5. The second-order valence-electron chi connectivity index (χ2n) is 4.94. The molecule has 110 valence electrons. The second kappa shape index (κ2) is 7.43. The fourth-order valence-corrected chi connectivity index (χ4v) is 2.16. The number of hydrogen-bond acceptors (Lipinski definition) is 3. The van der Waals surface area contributed by atoms with Gasteiger partial charge in [-0.1, -0.05) is 11.6 Å². The van der Waals surface area contributed by atoms with Crippen LogP contribution in [-0.2, 0) is 6.42 Å². The van der Waals surface area contributed by atoms with Crippen molar-refractivity contribution < 1.29 is 4.79 Å². The summed E-state index contributed by atoms with van der Waals surface area (Å²) < 4.78 is 0. The maximum atomic E-state index is 12.3. The summed E-state index contributed by atoms with van der Waals surface area (Å²) in [6.07, 6.45) is 4.33.